The van der Waals surface area contributed by atoms with Gasteiger partial charge in [0.2, 0.25) is 0 Å². The number of aryl methyl sites for hydroxylation is 2. The number of piperidine rings is 1. The molecule has 3 aromatic rings. The van der Waals surface area contributed by atoms with E-state index >= 15 is 0 Å². The van der Waals surface area contributed by atoms with E-state index in [4.69, 9.17) is 4.42 Å². The third-order valence-corrected chi connectivity index (χ3v) is 5.94. The Balaban J connectivity index is 1.38. The van der Waals surface area contributed by atoms with Crippen molar-refractivity contribution in [3.05, 3.63) is 81.2 Å². The van der Waals surface area contributed by atoms with Gasteiger partial charge in [0.25, 0.3) is 0 Å². The largest absolute Gasteiger partial charge is 0.422 e. The summed E-state index contributed by atoms with van der Waals surface area (Å²) >= 11 is 0. The van der Waals surface area contributed by atoms with E-state index in [1.165, 1.54) is 5.56 Å². The van der Waals surface area contributed by atoms with E-state index in [1.807, 2.05) is 13.8 Å². The first-order valence-electron chi connectivity index (χ1n) is 10.1. The molecule has 0 spiro atoms. The molecule has 1 saturated heterocycles. The van der Waals surface area contributed by atoms with Crippen molar-refractivity contribution in [3.8, 4) is 0 Å². The van der Waals surface area contributed by atoms with Crippen molar-refractivity contribution in [2.75, 3.05) is 13.1 Å². The highest BCUT2D eigenvalue weighted by atomic mass is 16.4. The van der Waals surface area contributed by atoms with Crippen LogP contribution in [0.1, 0.15) is 35.1 Å². The minimum Gasteiger partial charge on any atom is -0.422 e. The minimum atomic E-state index is -0.268. The van der Waals surface area contributed by atoms with Crippen molar-refractivity contribution < 1.29 is 4.42 Å². The Bertz CT molecular complexity index is 1000. The predicted octanol–water partition coefficient (Wildman–Crippen LogP) is 4.16. The summed E-state index contributed by atoms with van der Waals surface area (Å²) in [6.45, 7) is 7.98. The number of hydrogen-bond acceptors (Lipinski definition) is 4. The minimum absolute atomic E-state index is 0.268. The second-order valence-corrected chi connectivity index (χ2v) is 7.89. The van der Waals surface area contributed by atoms with Crippen LogP contribution in [0.5, 0.6) is 0 Å². The first kappa shape index (κ1) is 18.9. The highest BCUT2D eigenvalue weighted by Gasteiger charge is 2.19. The molecule has 1 aromatic heterocycles. The SMILES string of the molecule is Cc1ccc2c(CNC3CCN(Cc4ccccc4)CC3)cc(=O)oc2c1C. The molecule has 4 heteroatoms. The summed E-state index contributed by atoms with van der Waals surface area (Å²) in [5, 5.41) is 4.71. The highest BCUT2D eigenvalue weighted by molar-refractivity contribution is 5.83. The molecule has 0 radical (unpaired) electrons. The monoisotopic (exact) mass is 376 g/mol. The van der Waals surface area contributed by atoms with Gasteiger partial charge in [-0.25, -0.2) is 4.79 Å². The number of fused-ring (bicyclic) bond motifs is 1. The van der Waals surface area contributed by atoms with Crippen molar-refractivity contribution in [1.29, 1.82) is 0 Å². The quantitative estimate of drug-likeness (QED) is 0.679. The molecule has 0 saturated carbocycles. The number of likely N-dealkylation sites (tertiary alicyclic amines) is 1. The number of nitrogens with one attached hydrogen (secondary N) is 1. The van der Waals surface area contributed by atoms with Crippen molar-refractivity contribution in [3.63, 3.8) is 0 Å². The van der Waals surface area contributed by atoms with Gasteiger partial charge in [-0.15, -0.1) is 0 Å². The maximum absolute atomic E-state index is 12.0. The second-order valence-electron chi connectivity index (χ2n) is 7.89. The van der Waals surface area contributed by atoms with Crippen LogP contribution in [0.25, 0.3) is 11.0 Å². The van der Waals surface area contributed by atoms with Crippen LogP contribution in [0.2, 0.25) is 0 Å². The second kappa shape index (κ2) is 8.29. The van der Waals surface area contributed by atoms with Crippen molar-refractivity contribution in [1.82, 2.24) is 10.2 Å². The van der Waals surface area contributed by atoms with E-state index in [0.29, 0.717) is 12.6 Å². The summed E-state index contributed by atoms with van der Waals surface area (Å²) in [4.78, 5) is 14.6. The van der Waals surface area contributed by atoms with E-state index in [-0.39, 0.29) is 5.63 Å². The molecule has 146 valence electrons. The molecule has 1 aliphatic rings. The molecule has 2 heterocycles. The molecule has 4 rings (SSSR count). The zero-order valence-electron chi connectivity index (χ0n) is 16.7. The predicted molar refractivity (Wildman–Crippen MR) is 114 cm³/mol. The molecule has 2 aromatic carbocycles. The first-order valence-corrected chi connectivity index (χ1v) is 10.1. The van der Waals surface area contributed by atoms with E-state index in [1.54, 1.807) is 6.07 Å². The fourth-order valence-corrected chi connectivity index (χ4v) is 4.06. The lowest BCUT2D eigenvalue weighted by Gasteiger charge is -2.32. The lowest BCUT2D eigenvalue weighted by molar-refractivity contribution is 0.190. The van der Waals surface area contributed by atoms with Crippen LogP contribution in [0.15, 0.2) is 57.7 Å². The number of nitrogens with zero attached hydrogens (tertiary/aromatic N) is 1. The molecule has 0 amide bonds. The van der Waals surface area contributed by atoms with Crippen LogP contribution < -0.4 is 10.9 Å². The third-order valence-electron chi connectivity index (χ3n) is 5.94. The normalized spacial score (nSPS) is 15.9. The van der Waals surface area contributed by atoms with Crippen LogP contribution >= 0.6 is 0 Å². The third kappa shape index (κ3) is 4.18. The zero-order chi connectivity index (χ0) is 19.5. The van der Waals surface area contributed by atoms with Gasteiger partial charge in [-0.1, -0.05) is 42.5 Å². The topological polar surface area (TPSA) is 45.5 Å². The molecule has 0 unspecified atom stereocenters. The summed E-state index contributed by atoms with van der Waals surface area (Å²) in [6, 6.07) is 17.0. The van der Waals surface area contributed by atoms with Gasteiger partial charge in [-0.05, 0) is 62.0 Å². The maximum atomic E-state index is 12.0. The van der Waals surface area contributed by atoms with Gasteiger partial charge in [0.15, 0.2) is 0 Å². The van der Waals surface area contributed by atoms with Crippen LogP contribution in [-0.4, -0.2) is 24.0 Å². The average Bonchev–Trinajstić information content (AvgIpc) is 2.71. The molecule has 0 aliphatic carbocycles. The lowest BCUT2D eigenvalue weighted by atomic mass is 10.0. The summed E-state index contributed by atoms with van der Waals surface area (Å²) < 4.78 is 5.49. The molecule has 28 heavy (non-hydrogen) atoms. The van der Waals surface area contributed by atoms with Crippen molar-refractivity contribution >= 4 is 11.0 Å². The van der Waals surface area contributed by atoms with Crippen LogP contribution in [0, 0.1) is 13.8 Å². The van der Waals surface area contributed by atoms with Gasteiger partial charge in [-0.2, -0.15) is 0 Å². The van der Waals surface area contributed by atoms with Gasteiger partial charge < -0.3 is 9.73 Å². The Morgan fingerprint density at radius 3 is 2.57 bits per heavy atom. The Morgan fingerprint density at radius 2 is 1.82 bits per heavy atom. The average molecular weight is 377 g/mol. The van der Waals surface area contributed by atoms with Gasteiger partial charge in [0.1, 0.15) is 5.58 Å². The summed E-state index contributed by atoms with van der Waals surface area (Å²) in [5.41, 5.74) is 5.05. The number of benzene rings is 2. The molecule has 1 N–H and O–H groups in total. The Labute approximate surface area is 166 Å². The Morgan fingerprint density at radius 1 is 1.07 bits per heavy atom. The summed E-state index contributed by atoms with van der Waals surface area (Å²) in [7, 11) is 0. The molecule has 0 atom stereocenters. The highest BCUT2D eigenvalue weighted by Crippen LogP contribution is 2.23. The van der Waals surface area contributed by atoms with Crippen LogP contribution in [0.4, 0.5) is 0 Å². The fraction of sp³-hybridized carbons (Fsp3) is 0.375. The van der Waals surface area contributed by atoms with E-state index in [0.717, 1.165) is 60.1 Å². The molecular formula is C24H28N2O2. The zero-order valence-corrected chi connectivity index (χ0v) is 16.7. The molecule has 4 nitrogen and oxygen atoms in total. The maximum Gasteiger partial charge on any atom is 0.336 e. The Hall–Kier alpha value is -2.43. The van der Waals surface area contributed by atoms with Crippen LogP contribution in [0.3, 0.4) is 0 Å². The number of rotatable bonds is 5. The first-order chi connectivity index (χ1) is 13.6. The Kier molecular flexibility index (Phi) is 5.60. The summed E-state index contributed by atoms with van der Waals surface area (Å²) in [6.07, 6.45) is 2.26. The molecular weight excluding hydrogens is 348 g/mol. The standard InChI is InChI=1S/C24H28N2O2/c1-17-8-9-22-20(14-23(27)28-24(22)18(17)2)15-25-21-10-12-26(13-11-21)16-19-6-4-3-5-7-19/h3-9,14,21,25H,10-13,15-16H2,1-2H3. The van der Waals surface area contributed by atoms with Gasteiger partial charge >= 0.3 is 5.63 Å². The number of hydrogen-bond donors (Lipinski definition) is 1. The van der Waals surface area contributed by atoms with Gasteiger partial charge in [0.05, 0.1) is 0 Å². The molecule has 1 aliphatic heterocycles. The summed E-state index contributed by atoms with van der Waals surface area (Å²) in [5.74, 6) is 0. The lowest BCUT2D eigenvalue weighted by Crippen LogP contribution is -2.41. The van der Waals surface area contributed by atoms with Gasteiger partial charge in [-0.3, -0.25) is 4.90 Å². The van der Waals surface area contributed by atoms with Crippen molar-refractivity contribution in [2.24, 2.45) is 0 Å². The van der Waals surface area contributed by atoms with Crippen molar-refractivity contribution in [2.45, 2.75) is 45.8 Å². The fourth-order valence-electron chi connectivity index (χ4n) is 4.06. The molecule has 0 bridgehead atoms. The van der Waals surface area contributed by atoms with Crippen LogP contribution in [-0.2, 0) is 13.1 Å². The molecule has 1 fully saturated rings. The van der Waals surface area contributed by atoms with E-state index in [9.17, 15) is 4.79 Å². The van der Waals surface area contributed by atoms with Gasteiger partial charge in [0, 0.05) is 30.6 Å². The van der Waals surface area contributed by atoms with E-state index in [2.05, 4.69) is 52.7 Å². The smallest absolute Gasteiger partial charge is 0.336 e. The van der Waals surface area contributed by atoms with E-state index < -0.39 is 0 Å².